The number of amides is 2. The molecule has 0 aliphatic heterocycles. The zero-order valence-electron chi connectivity index (χ0n) is 13.7. The predicted octanol–water partition coefficient (Wildman–Crippen LogP) is 2.63. The summed E-state index contributed by atoms with van der Waals surface area (Å²) in [4.78, 5) is 24.2. The summed E-state index contributed by atoms with van der Waals surface area (Å²) in [6.07, 6.45) is 2.68. The highest BCUT2D eigenvalue weighted by atomic mass is 16.2. The molecule has 4 heteroatoms. The molecule has 0 rings (SSSR count). The zero-order chi connectivity index (χ0) is 16.1. The summed E-state index contributed by atoms with van der Waals surface area (Å²) in [7, 11) is 0. The molecule has 2 unspecified atom stereocenters. The number of hydrogen-bond donors (Lipinski definition) is 2. The molecule has 0 fully saturated rings. The average Bonchev–Trinajstić information content (AvgIpc) is 2.18. The Labute approximate surface area is 123 Å². The van der Waals surface area contributed by atoms with Gasteiger partial charge in [-0.1, -0.05) is 26.8 Å². The standard InChI is InChI=1S/C16H30N2O2/c1-8-9-11(13(17)19)12(10-15(2,3)4)14(20)18-16(5,6)7/h8,11-12H,1,9-10H2,2-7H3,(H2,17,19)(H,18,20). The van der Waals surface area contributed by atoms with Crippen LogP contribution in [0.25, 0.3) is 0 Å². The van der Waals surface area contributed by atoms with Crippen LogP contribution in [0.1, 0.15) is 54.4 Å². The first kappa shape index (κ1) is 18.7. The van der Waals surface area contributed by atoms with Gasteiger partial charge in [0.2, 0.25) is 11.8 Å². The van der Waals surface area contributed by atoms with E-state index in [0.717, 1.165) is 0 Å². The molecule has 0 bridgehead atoms. The second kappa shape index (κ2) is 6.91. The highest BCUT2D eigenvalue weighted by Crippen LogP contribution is 2.31. The van der Waals surface area contributed by atoms with Gasteiger partial charge in [0.05, 0.1) is 11.8 Å². The fourth-order valence-corrected chi connectivity index (χ4v) is 2.20. The molecule has 4 nitrogen and oxygen atoms in total. The molecule has 116 valence electrons. The molecule has 20 heavy (non-hydrogen) atoms. The number of nitrogens with one attached hydrogen (secondary N) is 1. The molecule has 0 heterocycles. The Balaban J connectivity index is 5.29. The number of allylic oxidation sites excluding steroid dienone is 1. The quantitative estimate of drug-likeness (QED) is 0.735. The lowest BCUT2D eigenvalue weighted by molar-refractivity contribution is -0.135. The van der Waals surface area contributed by atoms with Gasteiger partial charge in [-0.3, -0.25) is 9.59 Å². The van der Waals surface area contributed by atoms with Gasteiger partial charge in [0, 0.05) is 5.54 Å². The molecule has 0 radical (unpaired) electrons. The van der Waals surface area contributed by atoms with Crippen molar-refractivity contribution in [2.24, 2.45) is 23.0 Å². The largest absolute Gasteiger partial charge is 0.369 e. The van der Waals surface area contributed by atoms with Crippen molar-refractivity contribution in [3.8, 4) is 0 Å². The van der Waals surface area contributed by atoms with Gasteiger partial charge in [-0.2, -0.15) is 0 Å². The number of primary amides is 1. The maximum absolute atomic E-state index is 12.5. The number of nitrogens with two attached hydrogens (primary N) is 1. The summed E-state index contributed by atoms with van der Waals surface area (Å²) in [5, 5.41) is 2.95. The monoisotopic (exact) mass is 282 g/mol. The molecule has 0 saturated carbocycles. The van der Waals surface area contributed by atoms with E-state index >= 15 is 0 Å². The summed E-state index contributed by atoms with van der Waals surface area (Å²) < 4.78 is 0. The van der Waals surface area contributed by atoms with E-state index in [1.165, 1.54) is 0 Å². The van der Waals surface area contributed by atoms with E-state index in [1.54, 1.807) is 6.08 Å². The summed E-state index contributed by atoms with van der Waals surface area (Å²) in [5.74, 6) is -1.49. The number of hydrogen-bond acceptors (Lipinski definition) is 2. The first-order chi connectivity index (χ1) is 8.87. The van der Waals surface area contributed by atoms with Crippen molar-refractivity contribution in [1.29, 1.82) is 0 Å². The normalized spacial score (nSPS) is 15.3. The molecular formula is C16H30N2O2. The van der Waals surface area contributed by atoms with Crippen LogP contribution in [-0.2, 0) is 9.59 Å². The summed E-state index contributed by atoms with van der Waals surface area (Å²) in [6, 6.07) is 0. The van der Waals surface area contributed by atoms with Crippen LogP contribution in [0.15, 0.2) is 12.7 Å². The van der Waals surface area contributed by atoms with Gasteiger partial charge in [0.1, 0.15) is 0 Å². The van der Waals surface area contributed by atoms with Gasteiger partial charge in [0.25, 0.3) is 0 Å². The van der Waals surface area contributed by atoms with Crippen LogP contribution in [0, 0.1) is 17.3 Å². The lowest BCUT2D eigenvalue weighted by atomic mass is 9.76. The van der Waals surface area contributed by atoms with Gasteiger partial charge in [0.15, 0.2) is 0 Å². The fraction of sp³-hybridized carbons (Fsp3) is 0.750. The highest BCUT2D eigenvalue weighted by molar-refractivity contribution is 5.87. The van der Waals surface area contributed by atoms with Crippen LogP contribution in [-0.4, -0.2) is 17.4 Å². The van der Waals surface area contributed by atoms with Crippen LogP contribution in [0.5, 0.6) is 0 Å². The van der Waals surface area contributed by atoms with Crippen LogP contribution < -0.4 is 11.1 Å². The third-order valence-corrected chi connectivity index (χ3v) is 2.94. The molecule has 0 aromatic carbocycles. The van der Waals surface area contributed by atoms with Crippen molar-refractivity contribution in [2.45, 2.75) is 59.9 Å². The molecule has 2 amide bonds. The van der Waals surface area contributed by atoms with E-state index in [-0.39, 0.29) is 16.9 Å². The number of rotatable bonds is 6. The first-order valence-electron chi connectivity index (χ1n) is 7.09. The minimum absolute atomic E-state index is 0.0608. The summed E-state index contributed by atoms with van der Waals surface area (Å²) >= 11 is 0. The molecule has 0 spiro atoms. The average molecular weight is 282 g/mol. The van der Waals surface area contributed by atoms with Gasteiger partial charge in [-0.05, 0) is 39.0 Å². The van der Waals surface area contributed by atoms with Crippen LogP contribution >= 0.6 is 0 Å². The Bertz CT molecular complexity index is 362. The molecule has 0 aliphatic carbocycles. The Hall–Kier alpha value is -1.32. The van der Waals surface area contributed by atoms with Crippen molar-refractivity contribution >= 4 is 11.8 Å². The lowest BCUT2D eigenvalue weighted by Gasteiger charge is -2.32. The van der Waals surface area contributed by atoms with Crippen molar-refractivity contribution in [3.05, 3.63) is 12.7 Å². The van der Waals surface area contributed by atoms with E-state index in [4.69, 9.17) is 5.73 Å². The Kier molecular flexibility index (Phi) is 6.45. The Morgan fingerprint density at radius 1 is 1.15 bits per heavy atom. The highest BCUT2D eigenvalue weighted by Gasteiger charge is 2.35. The van der Waals surface area contributed by atoms with Crippen molar-refractivity contribution in [1.82, 2.24) is 5.32 Å². The molecule has 0 saturated heterocycles. The molecule has 0 aromatic rings. The van der Waals surface area contributed by atoms with E-state index in [1.807, 2.05) is 20.8 Å². The maximum atomic E-state index is 12.5. The first-order valence-corrected chi connectivity index (χ1v) is 7.09. The van der Waals surface area contributed by atoms with Gasteiger partial charge in [-0.15, -0.1) is 6.58 Å². The Morgan fingerprint density at radius 2 is 1.65 bits per heavy atom. The van der Waals surface area contributed by atoms with Gasteiger partial charge < -0.3 is 11.1 Å². The van der Waals surface area contributed by atoms with Crippen molar-refractivity contribution < 1.29 is 9.59 Å². The topological polar surface area (TPSA) is 72.2 Å². The predicted molar refractivity (Wildman–Crippen MR) is 83.0 cm³/mol. The molecule has 0 aromatic heterocycles. The van der Waals surface area contributed by atoms with Crippen LogP contribution in [0.2, 0.25) is 0 Å². The molecule has 0 aliphatic rings. The zero-order valence-corrected chi connectivity index (χ0v) is 13.7. The lowest BCUT2D eigenvalue weighted by Crippen LogP contribution is -2.48. The molecular weight excluding hydrogens is 252 g/mol. The number of carbonyl (C=O) groups excluding carboxylic acids is 2. The second-order valence-corrected chi connectivity index (χ2v) is 7.64. The maximum Gasteiger partial charge on any atom is 0.224 e. The fourth-order valence-electron chi connectivity index (χ4n) is 2.20. The SMILES string of the molecule is C=CCC(C(N)=O)C(CC(C)(C)C)C(=O)NC(C)(C)C. The van der Waals surface area contributed by atoms with E-state index < -0.39 is 17.7 Å². The third kappa shape index (κ3) is 7.31. The Morgan fingerprint density at radius 3 is 1.95 bits per heavy atom. The number of carbonyl (C=O) groups is 2. The van der Waals surface area contributed by atoms with E-state index in [0.29, 0.717) is 12.8 Å². The van der Waals surface area contributed by atoms with Crippen molar-refractivity contribution in [2.75, 3.05) is 0 Å². The summed E-state index contributed by atoms with van der Waals surface area (Å²) in [5.41, 5.74) is 5.09. The smallest absolute Gasteiger partial charge is 0.224 e. The van der Waals surface area contributed by atoms with E-state index in [9.17, 15) is 9.59 Å². The van der Waals surface area contributed by atoms with Crippen LogP contribution in [0.3, 0.4) is 0 Å². The minimum atomic E-state index is -0.505. The van der Waals surface area contributed by atoms with Crippen molar-refractivity contribution in [3.63, 3.8) is 0 Å². The van der Waals surface area contributed by atoms with Gasteiger partial charge >= 0.3 is 0 Å². The van der Waals surface area contributed by atoms with Crippen LogP contribution in [0.4, 0.5) is 0 Å². The molecule has 3 N–H and O–H groups in total. The third-order valence-electron chi connectivity index (χ3n) is 2.94. The van der Waals surface area contributed by atoms with E-state index in [2.05, 4.69) is 32.7 Å². The summed E-state index contributed by atoms with van der Waals surface area (Å²) in [6.45, 7) is 15.6. The minimum Gasteiger partial charge on any atom is -0.369 e. The second-order valence-electron chi connectivity index (χ2n) is 7.64. The molecule has 2 atom stereocenters. The van der Waals surface area contributed by atoms with Gasteiger partial charge in [-0.25, -0.2) is 0 Å².